The first-order valence-corrected chi connectivity index (χ1v) is 41.8. The van der Waals surface area contributed by atoms with Crippen molar-refractivity contribution in [3.8, 4) is 103 Å². The van der Waals surface area contributed by atoms with Crippen LogP contribution in [0.4, 0.5) is 0 Å². The molecule has 0 aliphatic carbocycles. The topological polar surface area (TPSA) is 136 Å². The van der Waals surface area contributed by atoms with E-state index in [1.165, 1.54) is 80.0 Å². The van der Waals surface area contributed by atoms with E-state index in [-0.39, 0.29) is 0 Å². The number of nitrogens with zero attached hydrogens (tertiary/aromatic N) is 13. The van der Waals surface area contributed by atoms with Gasteiger partial charge in [0.15, 0.2) is 34.9 Å². The normalized spacial score (nSPS) is 11.6. The van der Waals surface area contributed by atoms with Gasteiger partial charge in [-0.25, -0.2) is 15.0 Å². The van der Waals surface area contributed by atoms with Crippen LogP contribution in [0.2, 0.25) is 0 Å². The van der Waals surface area contributed by atoms with Crippen molar-refractivity contribution < 1.29 is 0 Å². The average molecular weight is 1590 g/mol. The van der Waals surface area contributed by atoms with Gasteiger partial charge in [-0.15, -0.1) is 11.3 Å². The molecule has 0 radical (unpaired) electrons. The van der Waals surface area contributed by atoms with Gasteiger partial charge in [-0.2, -0.15) is 29.9 Å². The molecule has 0 amide bonds. The monoisotopic (exact) mass is 1590 g/mol. The predicted octanol–water partition coefficient (Wildman–Crippen LogP) is 27.2. The summed E-state index contributed by atoms with van der Waals surface area (Å²) in [6, 6.07) is 145. The summed E-state index contributed by atoms with van der Waals surface area (Å²) in [5.41, 5.74) is 17.9. The Hall–Kier alpha value is -16.6. The first-order valence-electron chi connectivity index (χ1n) is 41.0. The molecular formula is C109H69N13S. The highest BCUT2D eigenvalue weighted by molar-refractivity contribution is 7.26. The van der Waals surface area contributed by atoms with E-state index in [9.17, 15) is 0 Å². The second kappa shape index (κ2) is 30.4. The van der Waals surface area contributed by atoms with E-state index in [4.69, 9.17) is 44.9 Å². The summed E-state index contributed by atoms with van der Waals surface area (Å²) < 4.78 is 11.5. The molecule has 0 N–H and O–H groups in total. The smallest absolute Gasteiger partial charge is 0.238 e. The van der Waals surface area contributed by atoms with Gasteiger partial charge < -0.3 is 4.57 Å². The molecule has 0 aliphatic heterocycles. The molecule has 0 fully saturated rings. The molecule has 25 aromatic rings. The molecule has 0 unspecified atom stereocenters. The minimum atomic E-state index is 0.589. The molecule has 0 saturated carbocycles. The molecule has 0 bridgehead atoms. The Labute approximate surface area is 709 Å². The van der Waals surface area contributed by atoms with Crippen LogP contribution in [0.3, 0.4) is 0 Å². The molecule has 0 atom stereocenters. The van der Waals surface area contributed by atoms with E-state index in [1.807, 2.05) is 193 Å². The maximum absolute atomic E-state index is 5.11. The first-order chi connectivity index (χ1) is 61.0. The number of benzene rings is 17. The van der Waals surface area contributed by atoms with Gasteiger partial charge in [-0.1, -0.05) is 340 Å². The van der Waals surface area contributed by atoms with Crippen LogP contribution in [0.15, 0.2) is 419 Å². The zero-order valence-corrected chi connectivity index (χ0v) is 66.9. The largest absolute Gasteiger partial charge is 0.309 e. The fourth-order valence-corrected chi connectivity index (χ4v) is 18.6. The lowest BCUT2D eigenvalue weighted by Crippen LogP contribution is -2.06. The molecule has 0 saturated heterocycles. The van der Waals surface area contributed by atoms with Gasteiger partial charge >= 0.3 is 0 Å². The third kappa shape index (κ3) is 12.8. The molecule has 25 rings (SSSR count). The predicted molar refractivity (Wildman–Crippen MR) is 505 cm³/mol. The third-order valence-corrected chi connectivity index (χ3v) is 24.2. The van der Waals surface area contributed by atoms with Gasteiger partial charge in [0.25, 0.3) is 0 Å². The fourth-order valence-electron chi connectivity index (χ4n) is 17.5. The maximum Gasteiger partial charge on any atom is 0.238 e. The molecule has 17 aromatic carbocycles. The Morgan fingerprint density at radius 3 is 0.976 bits per heavy atom. The number of thiophene rings is 1. The van der Waals surface area contributed by atoms with Crippen LogP contribution in [-0.4, -0.2) is 63.1 Å². The minimum absolute atomic E-state index is 0.589. The van der Waals surface area contributed by atoms with Gasteiger partial charge in [-0.3, -0.25) is 13.7 Å². The Morgan fingerprint density at radius 2 is 0.496 bits per heavy atom. The van der Waals surface area contributed by atoms with E-state index in [0.717, 1.165) is 88.3 Å². The molecule has 123 heavy (non-hydrogen) atoms. The van der Waals surface area contributed by atoms with Crippen molar-refractivity contribution >= 4 is 130 Å². The molecule has 14 heteroatoms. The Balaban J connectivity index is 0.000000107. The van der Waals surface area contributed by atoms with E-state index in [0.29, 0.717) is 52.8 Å². The number of aromatic nitrogens is 13. The van der Waals surface area contributed by atoms with Crippen molar-refractivity contribution in [3.05, 3.63) is 419 Å². The molecule has 576 valence electrons. The molecular weight excluding hydrogens is 1520 g/mol. The second-order valence-electron chi connectivity index (χ2n) is 30.4. The van der Waals surface area contributed by atoms with Crippen molar-refractivity contribution in [1.82, 2.24) is 63.1 Å². The second-order valence-corrected chi connectivity index (χ2v) is 31.5. The van der Waals surface area contributed by atoms with Crippen LogP contribution in [-0.2, 0) is 0 Å². The zero-order chi connectivity index (χ0) is 81.3. The SMILES string of the molecule is c1ccc(-c2nc(-c3ccccc3)nc(-n3c4ccccc4c4c3ccc3c5ccccc5n(-c5ccccc5)c34)n2)cc1.c1ccc(-c2nc(-c3ccccc3)nc(-n3c4ccccc4c4c5c(ccc43)sc3ccccc35)n2)cc1.c1ccc(-c2nc(-c3ccccc3)nc(-n3c4ccccc4c4cc(-c5ccc6ccccc6c5)ccc43)n2)cc1. The van der Waals surface area contributed by atoms with Crippen molar-refractivity contribution in [1.29, 1.82) is 0 Å². The van der Waals surface area contributed by atoms with E-state index < -0.39 is 0 Å². The van der Waals surface area contributed by atoms with E-state index in [2.05, 4.69) is 255 Å². The summed E-state index contributed by atoms with van der Waals surface area (Å²) in [7, 11) is 0. The van der Waals surface area contributed by atoms with Crippen molar-refractivity contribution in [2.45, 2.75) is 0 Å². The lowest BCUT2D eigenvalue weighted by atomic mass is 9.99. The average Bonchev–Trinajstić information content (AvgIpc) is 1.54. The lowest BCUT2D eigenvalue weighted by Gasteiger charge is -2.11. The Kier molecular flexibility index (Phi) is 17.7. The summed E-state index contributed by atoms with van der Waals surface area (Å²) >= 11 is 1.84. The summed E-state index contributed by atoms with van der Waals surface area (Å²) in [5.74, 6) is 5.68. The number of rotatable bonds is 11. The fraction of sp³-hybridized carbons (Fsp3) is 0. The summed E-state index contributed by atoms with van der Waals surface area (Å²) in [6.45, 7) is 0. The molecule has 0 spiro atoms. The van der Waals surface area contributed by atoms with Gasteiger partial charge in [0.2, 0.25) is 17.8 Å². The van der Waals surface area contributed by atoms with Crippen LogP contribution in [0.1, 0.15) is 0 Å². The summed E-state index contributed by atoms with van der Waals surface area (Å²) in [6.07, 6.45) is 0. The number of hydrogen-bond acceptors (Lipinski definition) is 10. The highest BCUT2D eigenvalue weighted by Gasteiger charge is 2.26. The van der Waals surface area contributed by atoms with E-state index >= 15 is 0 Å². The van der Waals surface area contributed by atoms with Crippen LogP contribution in [0, 0.1) is 0 Å². The highest BCUT2D eigenvalue weighted by Crippen LogP contribution is 2.46. The Bertz CT molecular complexity index is 8190. The third-order valence-electron chi connectivity index (χ3n) is 23.1. The van der Waals surface area contributed by atoms with Crippen LogP contribution in [0.5, 0.6) is 0 Å². The van der Waals surface area contributed by atoms with Crippen LogP contribution >= 0.6 is 11.3 Å². The Morgan fingerprint density at radius 1 is 0.171 bits per heavy atom. The van der Waals surface area contributed by atoms with Gasteiger partial charge in [0.05, 0.1) is 44.1 Å². The standard InChI is InChI=1S/C39H25N5.C37H24N4.C33H20N4S/c1-4-14-26(15-5-1)37-40-38(27-16-6-2-7-17-27)42-39(41-37)44-33-23-13-11-21-31(33)35-34(44)25-24-30-29-20-10-12-22-32(29)43(36(30)35)28-18-8-3-9-19-28;1-3-12-26(13-4-1)35-38-36(27-14-5-2-6-15-27)40-37(39-35)41-33-18-10-9-17-31(33)32-24-30(21-22-34(32)41)29-20-19-25-11-7-8-16-28(25)23-29;1-3-11-21(12-4-1)31-34-32(22-13-5-2-6-14-22)36-33(35-31)37-25-17-9-7-15-23(25)29-26(37)19-20-28-30(29)24-16-8-10-18-27(24)38-28/h1-25H;1-24H;1-20H. The highest BCUT2D eigenvalue weighted by atomic mass is 32.1. The number of hydrogen-bond donors (Lipinski definition) is 0. The van der Waals surface area contributed by atoms with Crippen molar-refractivity contribution in [2.24, 2.45) is 0 Å². The molecule has 13 nitrogen and oxygen atoms in total. The lowest BCUT2D eigenvalue weighted by molar-refractivity contribution is 0.953. The van der Waals surface area contributed by atoms with Gasteiger partial charge in [0.1, 0.15) is 0 Å². The summed E-state index contributed by atoms with van der Waals surface area (Å²) in [5, 5.41) is 14.6. The van der Waals surface area contributed by atoms with E-state index in [1.54, 1.807) is 0 Å². The number of fused-ring (bicyclic) bond motifs is 18. The number of para-hydroxylation sites is 5. The molecule has 8 aromatic heterocycles. The van der Waals surface area contributed by atoms with Crippen molar-refractivity contribution in [3.63, 3.8) is 0 Å². The zero-order valence-electron chi connectivity index (χ0n) is 66.1. The van der Waals surface area contributed by atoms with Crippen molar-refractivity contribution in [2.75, 3.05) is 0 Å². The quantitative estimate of drug-likeness (QED) is 0.124. The first kappa shape index (κ1) is 71.7. The minimum Gasteiger partial charge on any atom is -0.309 e. The maximum atomic E-state index is 5.11. The van der Waals surface area contributed by atoms with Gasteiger partial charge in [-0.05, 0) is 101 Å². The van der Waals surface area contributed by atoms with Gasteiger partial charge in [0, 0.05) is 102 Å². The van der Waals surface area contributed by atoms with Crippen LogP contribution < -0.4 is 0 Å². The summed E-state index contributed by atoms with van der Waals surface area (Å²) in [4.78, 5) is 45.1. The van der Waals surface area contributed by atoms with Crippen LogP contribution in [0.25, 0.3) is 221 Å². The molecule has 8 heterocycles. The molecule has 0 aliphatic rings.